The van der Waals surface area contributed by atoms with Gasteiger partial charge in [-0.1, -0.05) is 18.6 Å². The molecule has 3 rings (SSSR count). The molecule has 2 amide bonds. The molecule has 2 heterocycles. The number of hydrogen-bond acceptors (Lipinski definition) is 3. The number of hydrogen-bond donors (Lipinski definition) is 2. The molecule has 0 spiro atoms. The Labute approximate surface area is 143 Å². The summed E-state index contributed by atoms with van der Waals surface area (Å²) in [6, 6.07) is 7.83. The van der Waals surface area contributed by atoms with E-state index in [1.165, 1.54) is 0 Å². The highest BCUT2D eigenvalue weighted by Gasteiger charge is 2.22. The standard InChI is InChI=1S/C17H23N3O2.ClH/c21-16-8-4-10-20(16)14-6-3-5-13(11-14)12-19-17(22)15-7-1-2-9-18-15;/h3,5-6,11,15,18H,1-2,4,7-10,12H2,(H,19,22);1H. The quantitative estimate of drug-likeness (QED) is 0.883. The number of rotatable bonds is 4. The minimum Gasteiger partial charge on any atom is -0.351 e. The second-order valence-electron chi connectivity index (χ2n) is 6.04. The summed E-state index contributed by atoms with van der Waals surface area (Å²) in [4.78, 5) is 25.8. The first-order valence-electron chi connectivity index (χ1n) is 8.14. The van der Waals surface area contributed by atoms with Gasteiger partial charge in [0.2, 0.25) is 11.8 Å². The predicted molar refractivity (Wildman–Crippen MR) is 92.8 cm³/mol. The van der Waals surface area contributed by atoms with Crippen molar-refractivity contribution in [1.29, 1.82) is 0 Å². The number of nitrogens with zero attached hydrogens (tertiary/aromatic N) is 1. The van der Waals surface area contributed by atoms with Crippen LogP contribution >= 0.6 is 12.4 Å². The Morgan fingerprint density at radius 3 is 2.87 bits per heavy atom. The number of halogens is 1. The highest BCUT2D eigenvalue weighted by molar-refractivity contribution is 5.95. The van der Waals surface area contributed by atoms with Gasteiger partial charge in [-0.2, -0.15) is 0 Å². The van der Waals surface area contributed by atoms with Crippen molar-refractivity contribution in [1.82, 2.24) is 10.6 Å². The lowest BCUT2D eigenvalue weighted by molar-refractivity contribution is -0.123. The smallest absolute Gasteiger partial charge is 0.237 e. The molecule has 1 aromatic carbocycles. The van der Waals surface area contributed by atoms with Crippen LogP contribution in [0.25, 0.3) is 0 Å². The molecular weight excluding hydrogens is 314 g/mol. The molecule has 0 aliphatic carbocycles. The molecule has 2 N–H and O–H groups in total. The van der Waals surface area contributed by atoms with Gasteiger partial charge in [0.05, 0.1) is 6.04 Å². The second kappa shape index (κ2) is 8.31. The monoisotopic (exact) mass is 337 g/mol. The molecule has 0 radical (unpaired) electrons. The Morgan fingerprint density at radius 2 is 2.17 bits per heavy atom. The Morgan fingerprint density at radius 1 is 1.30 bits per heavy atom. The average molecular weight is 338 g/mol. The molecule has 0 bridgehead atoms. The summed E-state index contributed by atoms with van der Waals surface area (Å²) in [7, 11) is 0. The molecule has 2 aliphatic heterocycles. The average Bonchev–Trinajstić information content (AvgIpc) is 3.00. The molecule has 6 heteroatoms. The Bertz CT molecular complexity index is 559. The van der Waals surface area contributed by atoms with Crippen LogP contribution < -0.4 is 15.5 Å². The van der Waals surface area contributed by atoms with E-state index in [-0.39, 0.29) is 30.3 Å². The summed E-state index contributed by atoms with van der Waals surface area (Å²) < 4.78 is 0. The number of piperidine rings is 1. The minimum atomic E-state index is -0.0582. The van der Waals surface area contributed by atoms with Gasteiger partial charge in [0.1, 0.15) is 0 Å². The molecule has 1 unspecified atom stereocenters. The van der Waals surface area contributed by atoms with E-state index in [1.54, 1.807) is 0 Å². The van der Waals surface area contributed by atoms with Crippen LogP contribution in [0.4, 0.5) is 5.69 Å². The number of nitrogens with one attached hydrogen (secondary N) is 2. The van der Waals surface area contributed by atoms with Gasteiger partial charge in [-0.25, -0.2) is 0 Å². The van der Waals surface area contributed by atoms with Crippen molar-refractivity contribution < 1.29 is 9.59 Å². The third-order valence-electron chi connectivity index (χ3n) is 4.39. The van der Waals surface area contributed by atoms with Crippen LogP contribution in [0.15, 0.2) is 24.3 Å². The molecule has 0 aromatic heterocycles. The highest BCUT2D eigenvalue weighted by atomic mass is 35.5. The lowest BCUT2D eigenvalue weighted by Crippen LogP contribution is -2.46. The molecule has 126 valence electrons. The summed E-state index contributed by atoms with van der Waals surface area (Å²) >= 11 is 0. The van der Waals surface area contributed by atoms with Gasteiger partial charge in [-0.05, 0) is 43.5 Å². The summed E-state index contributed by atoms with van der Waals surface area (Å²) in [6.45, 7) is 2.22. The molecule has 1 aromatic rings. The van der Waals surface area contributed by atoms with Crippen LogP contribution in [0, 0.1) is 0 Å². The summed E-state index contributed by atoms with van der Waals surface area (Å²) in [6.07, 6.45) is 4.73. The van der Waals surface area contributed by atoms with E-state index in [1.807, 2.05) is 29.2 Å². The molecule has 1 atom stereocenters. The van der Waals surface area contributed by atoms with Gasteiger partial charge in [0, 0.05) is 25.2 Å². The van der Waals surface area contributed by atoms with Gasteiger partial charge in [0.25, 0.3) is 0 Å². The van der Waals surface area contributed by atoms with Crippen molar-refractivity contribution in [2.75, 3.05) is 18.0 Å². The number of amides is 2. The topological polar surface area (TPSA) is 61.4 Å². The lowest BCUT2D eigenvalue weighted by Gasteiger charge is -2.22. The van der Waals surface area contributed by atoms with Crippen LogP contribution in [0.2, 0.25) is 0 Å². The first-order chi connectivity index (χ1) is 10.7. The van der Waals surface area contributed by atoms with E-state index in [0.29, 0.717) is 13.0 Å². The van der Waals surface area contributed by atoms with Crippen molar-refractivity contribution in [3.05, 3.63) is 29.8 Å². The van der Waals surface area contributed by atoms with E-state index in [4.69, 9.17) is 0 Å². The van der Waals surface area contributed by atoms with Crippen LogP contribution in [-0.4, -0.2) is 30.9 Å². The van der Waals surface area contributed by atoms with Gasteiger partial charge in [0.15, 0.2) is 0 Å². The molecule has 0 saturated carbocycles. The van der Waals surface area contributed by atoms with E-state index in [0.717, 1.165) is 50.0 Å². The molecule has 2 fully saturated rings. The summed E-state index contributed by atoms with van der Waals surface area (Å²) in [5.41, 5.74) is 1.96. The number of carbonyl (C=O) groups excluding carboxylic acids is 2. The maximum Gasteiger partial charge on any atom is 0.237 e. The van der Waals surface area contributed by atoms with E-state index >= 15 is 0 Å². The van der Waals surface area contributed by atoms with Crippen LogP contribution in [0.1, 0.15) is 37.7 Å². The number of carbonyl (C=O) groups is 2. The molecule has 2 saturated heterocycles. The van der Waals surface area contributed by atoms with E-state index in [2.05, 4.69) is 10.6 Å². The Kier molecular flexibility index (Phi) is 6.42. The van der Waals surface area contributed by atoms with Gasteiger partial charge < -0.3 is 15.5 Å². The Balaban J connectivity index is 0.00000192. The largest absolute Gasteiger partial charge is 0.351 e. The van der Waals surface area contributed by atoms with Gasteiger partial charge in [-0.15, -0.1) is 12.4 Å². The fourth-order valence-corrected chi connectivity index (χ4v) is 3.14. The number of benzene rings is 1. The summed E-state index contributed by atoms with van der Waals surface area (Å²) in [5.74, 6) is 0.259. The predicted octanol–water partition coefficient (Wildman–Crippen LogP) is 1.99. The SMILES string of the molecule is Cl.O=C(NCc1cccc(N2CCCC2=O)c1)C1CCCCN1. The van der Waals surface area contributed by atoms with Crippen LogP contribution in [0.5, 0.6) is 0 Å². The van der Waals surface area contributed by atoms with Crippen molar-refractivity contribution in [3.63, 3.8) is 0 Å². The fraction of sp³-hybridized carbons (Fsp3) is 0.529. The maximum atomic E-state index is 12.1. The first kappa shape index (κ1) is 17.8. The Hall–Kier alpha value is -1.59. The molecular formula is C17H24ClN3O2. The first-order valence-corrected chi connectivity index (χ1v) is 8.14. The van der Waals surface area contributed by atoms with Crippen molar-refractivity contribution in [3.8, 4) is 0 Å². The number of anilines is 1. The third-order valence-corrected chi connectivity index (χ3v) is 4.39. The zero-order chi connectivity index (χ0) is 15.4. The van der Waals surface area contributed by atoms with E-state index in [9.17, 15) is 9.59 Å². The van der Waals surface area contributed by atoms with Gasteiger partial charge >= 0.3 is 0 Å². The van der Waals surface area contributed by atoms with Crippen LogP contribution in [0.3, 0.4) is 0 Å². The maximum absolute atomic E-state index is 12.1. The second-order valence-corrected chi connectivity index (χ2v) is 6.04. The van der Waals surface area contributed by atoms with Crippen LogP contribution in [-0.2, 0) is 16.1 Å². The molecule has 23 heavy (non-hydrogen) atoms. The fourth-order valence-electron chi connectivity index (χ4n) is 3.14. The zero-order valence-electron chi connectivity index (χ0n) is 13.2. The minimum absolute atomic E-state index is 0. The van der Waals surface area contributed by atoms with Crippen molar-refractivity contribution in [2.24, 2.45) is 0 Å². The highest BCUT2D eigenvalue weighted by Crippen LogP contribution is 2.22. The molecule has 5 nitrogen and oxygen atoms in total. The third kappa shape index (κ3) is 4.45. The molecule has 2 aliphatic rings. The summed E-state index contributed by atoms with van der Waals surface area (Å²) in [5, 5.41) is 6.24. The van der Waals surface area contributed by atoms with Crippen molar-refractivity contribution >= 4 is 29.9 Å². The normalized spacial score (nSPS) is 21.0. The van der Waals surface area contributed by atoms with Crippen molar-refractivity contribution in [2.45, 2.75) is 44.7 Å². The van der Waals surface area contributed by atoms with Gasteiger partial charge in [-0.3, -0.25) is 9.59 Å². The lowest BCUT2D eigenvalue weighted by atomic mass is 10.0. The zero-order valence-corrected chi connectivity index (χ0v) is 14.0. The van der Waals surface area contributed by atoms with E-state index < -0.39 is 0 Å².